The van der Waals surface area contributed by atoms with Gasteiger partial charge in [-0.1, -0.05) is 0 Å². The molecule has 0 spiro atoms. The summed E-state index contributed by atoms with van der Waals surface area (Å²) in [6, 6.07) is 6.64. The quantitative estimate of drug-likeness (QED) is 0.809. The summed E-state index contributed by atoms with van der Waals surface area (Å²) in [5.74, 6) is 1.22. The van der Waals surface area contributed by atoms with Crippen LogP contribution in [0.1, 0.15) is 0 Å². The van der Waals surface area contributed by atoms with Crippen LogP contribution in [0, 0.1) is 5.82 Å². The molecule has 2 fully saturated rings. The van der Waals surface area contributed by atoms with Crippen molar-refractivity contribution in [1.29, 1.82) is 0 Å². The zero-order chi connectivity index (χ0) is 19.5. The van der Waals surface area contributed by atoms with Crippen molar-refractivity contribution < 1.29 is 4.39 Å². The Hall–Kier alpha value is -2.65. The molecule has 150 valence electrons. The van der Waals surface area contributed by atoms with Gasteiger partial charge >= 0.3 is 0 Å². The third kappa shape index (κ3) is 4.10. The van der Waals surface area contributed by atoms with E-state index >= 15 is 0 Å². The summed E-state index contributed by atoms with van der Waals surface area (Å²) in [7, 11) is 2.13. The molecule has 2 aliphatic heterocycles. The molecule has 0 saturated carbocycles. The summed E-state index contributed by atoms with van der Waals surface area (Å²) < 4.78 is 13.1. The largest absolute Gasteiger partial charge is 0.393 e. The Balaban J connectivity index is 1.40. The molecule has 0 atom stereocenters. The van der Waals surface area contributed by atoms with Crippen LogP contribution in [0.2, 0.25) is 0 Å². The Labute approximate surface area is 164 Å². The lowest BCUT2D eigenvalue weighted by Gasteiger charge is -2.37. The van der Waals surface area contributed by atoms with Crippen LogP contribution in [0.15, 0.2) is 30.6 Å². The van der Waals surface area contributed by atoms with Gasteiger partial charge in [0.05, 0.1) is 0 Å². The molecule has 0 unspecified atom stereocenters. The number of nitrogen functional groups attached to an aromatic ring is 1. The first-order valence-corrected chi connectivity index (χ1v) is 9.66. The molecule has 1 aromatic heterocycles. The van der Waals surface area contributed by atoms with Gasteiger partial charge in [0, 0.05) is 58.0 Å². The molecule has 2 saturated heterocycles. The SMILES string of the molecule is CN1CCN(Nc2ncnc(N3CCN(c4ccc(F)cc4)CC3)c2N)CC1. The average Bonchev–Trinajstić information content (AvgIpc) is 2.72. The van der Waals surface area contributed by atoms with Crippen LogP contribution in [-0.2, 0) is 0 Å². The van der Waals surface area contributed by atoms with E-state index in [0.717, 1.165) is 63.9 Å². The molecule has 2 aliphatic rings. The lowest BCUT2D eigenvalue weighted by Crippen LogP contribution is -2.48. The summed E-state index contributed by atoms with van der Waals surface area (Å²) in [4.78, 5) is 15.5. The molecule has 0 bridgehead atoms. The third-order valence-electron chi connectivity index (χ3n) is 5.40. The van der Waals surface area contributed by atoms with Gasteiger partial charge in [0.1, 0.15) is 17.8 Å². The molecular weight excluding hydrogens is 359 g/mol. The Morgan fingerprint density at radius 1 is 0.893 bits per heavy atom. The van der Waals surface area contributed by atoms with Crippen LogP contribution in [-0.4, -0.2) is 79.3 Å². The maximum Gasteiger partial charge on any atom is 0.169 e. The highest BCUT2D eigenvalue weighted by Gasteiger charge is 2.22. The van der Waals surface area contributed by atoms with Crippen molar-refractivity contribution in [3.8, 4) is 0 Å². The second-order valence-electron chi connectivity index (χ2n) is 7.31. The Bertz CT molecular complexity index is 783. The van der Waals surface area contributed by atoms with Crippen molar-refractivity contribution in [3.63, 3.8) is 0 Å². The second kappa shape index (κ2) is 8.15. The molecule has 1 aromatic carbocycles. The Morgan fingerprint density at radius 2 is 1.54 bits per heavy atom. The molecule has 0 amide bonds. The van der Waals surface area contributed by atoms with Gasteiger partial charge in [-0.15, -0.1) is 0 Å². The number of nitrogens with one attached hydrogen (secondary N) is 1. The van der Waals surface area contributed by atoms with Crippen LogP contribution in [0.3, 0.4) is 0 Å². The van der Waals surface area contributed by atoms with E-state index in [1.54, 1.807) is 6.33 Å². The van der Waals surface area contributed by atoms with Crippen molar-refractivity contribution >= 4 is 23.0 Å². The van der Waals surface area contributed by atoms with E-state index < -0.39 is 0 Å². The molecule has 0 radical (unpaired) electrons. The van der Waals surface area contributed by atoms with E-state index in [4.69, 9.17) is 5.73 Å². The maximum atomic E-state index is 13.1. The van der Waals surface area contributed by atoms with E-state index in [2.05, 4.69) is 42.2 Å². The zero-order valence-corrected chi connectivity index (χ0v) is 16.2. The molecule has 28 heavy (non-hydrogen) atoms. The maximum absolute atomic E-state index is 13.1. The number of halogens is 1. The summed E-state index contributed by atoms with van der Waals surface area (Å²) >= 11 is 0. The summed E-state index contributed by atoms with van der Waals surface area (Å²) in [5, 5.41) is 2.15. The third-order valence-corrected chi connectivity index (χ3v) is 5.40. The highest BCUT2D eigenvalue weighted by Crippen LogP contribution is 2.28. The molecule has 0 aliphatic carbocycles. The van der Waals surface area contributed by atoms with Crippen LogP contribution >= 0.6 is 0 Å². The van der Waals surface area contributed by atoms with Gasteiger partial charge in [-0.3, -0.25) is 0 Å². The molecule has 8 nitrogen and oxygen atoms in total. The zero-order valence-electron chi connectivity index (χ0n) is 16.2. The van der Waals surface area contributed by atoms with Crippen molar-refractivity contribution in [2.75, 3.05) is 80.4 Å². The highest BCUT2D eigenvalue weighted by molar-refractivity contribution is 5.75. The van der Waals surface area contributed by atoms with Gasteiger partial charge in [0.25, 0.3) is 0 Å². The smallest absolute Gasteiger partial charge is 0.169 e. The summed E-state index contributed by atoms with van der Waals surface area (Å²) in [6.45, 7) is 7.12. The molecule has 3 N–H and O–H groups in total. The molecule has 2 aromatic rings. The summed E-state index contributed by atoms with van der Waals surface area (Å²) in [5.41, 5.74) is 11.4. The molecule has 4 rings (SSSR count). The molecular formula is C19H27FN8. The first kappa shape index (κ1) is 18.7. The number of benzene rings is 1. The van der Waals surface area contributed by atoms with E-state index in [9.17, 15) is 4.39 Å². The van der Waals surface area contributed by atoms with Crippen LogP contribution < -0.4 is 21.0 Å². The predicted octanol–water partition coefficient (Wildman–Crippen LogP) is 1.10. The average molecular weight is 386 g/mol. The van der Waals surface area contributed by atoms with Gasteiger partial charge in [0.15, 0.2) is 11.6 Å². The number of anilines is 4. The van der Waals surface area contributed by atoms with Crippen LogP contribution in [0.5, 0.6) is 0 Å². The lowest BCUT2D eigenvalue weighted by atomic mass is 10.2. The van der Waals surface area contributed by atoms with Gasteiger partial charge < -0.3 is 25.9 Å². The summed E-state index contributed by atoms with van der Waals surface area (Å²) in [6.07, 6.45) is 1.57. The first-order valence-electron chi connectivity index (χ1n) is 9.66. The molecule has 9 heteroatoms. The van der Waals surface area contributed by atoms with Crippen molar-refractivity contribution in [3.05, 3.63) is 36.4 Å². The topological polar surface area (TPSA) is 76.8 Å². The monoisotopic (exact) mass is 386 g/mol. The first-order chi connectivity index (χ1) is 13.6. The van der Waals surface area contributed by atoms with Crippen LogP contribution in [0.25, 0.3) is 0 Å². The second-order valence-corrected chi connectivity index (χ2v) is 7.31. The fraction of sp³-hybridized carbons (Fsp3) is 0.474. The number of likely N-dealkylation sites (N-methyl/N-ethyl adjacent to an activating group) is 1. The van der Waals surface area contributed by atoms with Crippen molar-refractivity contribution in [2.45, 2.75) is 0 Å². The van der Waals surface area contributed by atoms with Gasteiger partial charge in [-0.05, 0) is 31.3 Å². The van der Waals surface area contributed by atoms with E-state index in [-0.39, 0.29) is 5.82 Å². The predicted molar refractivity (Wildman–Crippen MR) is 110 cm³/mol. The Kier molecular flexibility index (Phi) is 5.45. The standard InChI is InChI=1S/C19H27FN8/c1-25-6-12-28(13-7-25)24-18-17(21)19(23-14-22-18)27-10-8-26(9-11-27)16-4-2-15(20)3-5-16/h2-5,14H,6-13,21H2,1H3,(H,22,23,24). The highest BCUT2D eigenvalue weighted by atomic mass is 19.1. The number of aromatic nitrogens is 2. The number of piperazine rings is 2. The van der Waals surface area contributed by atoms with E-state index in [0.29, 0.717) is 11.5 Å². The number of hydrazine groups is 1. The van der Waals surface area contributed by atoms with Crippen molar-refractivity contribution in [2.24, 2.45) is 0 Å². The number of rotatable bonds is 4. The lowest BCUT2D eigenvalue weighted by molar-refractivity contribution is 0.178. The number of hydrogen-bond acceptors (Lipinski definition) is 8. The fourth-order valence-corrected chi connectivity index (χ4v) is 3.62. The van der Waals surface area contributed by atoms with E-state index in [1.807, 2.05) is 12.1 Å². The van der Waals surface area contributed by atoms with Crippen LogP contribution in [0.4, 0.5) is 27.4 Å². The minimum absolute atomic E-state index is 0.212. The van der Waals surface area contributed by atoms with E-state index in [1.165, 1.54) is 12.1 Å². The number of nitrogens with zero attached hydrogens (tertiary/aromatic N) is 6. The van der Waals surface area contributed by atoms with Crippen molar-refractivity contribution in [1.82, 2.24) is 19.9 Å². The molecule has 3 heterocycles. The van der Waals surface area contributed by atoms with Gasteiger partial charge in [0.2, 0.25) is 0 Å². The minimum Gasteiger partial charge on any atom is -0.393 e. The van der Waals surface area contributed by atoms with Gasteiger partial charge in [-0.2, -0.15) is 0 Å². The Morgan fingerprint density at radius 3 is 2.21 bits per heavy atom. The fourth-order valence-electron chi connectivity index (χ4n) is 3.62. The number of hydrogen-bond donors (Lipinski definition) is 2. The number of nitrogens with two attached hydrogens (primary N) is 1. The normalized spacial score (nSPS) is 19.1. The minimum atomic E-state index is -0.212. The van der Waals surface area contributed by atoms with Gasteiger partial charge in [-0.25, -0.2) is 19.4 Å².